The Morgan fingerprint density at radius 2 is 1.81 bits per heavy atom. The second kappa shape index (κ2) is 12.6. The highest BCUT2D eigenvalue weighted by molar-refractivity contribution is 7.93. The fourth-order valence-electron chi connectivity index (χ4n) is 4.41. The number of rotatable bonds is 10. The van der Waals surface area contributed by atoms with E-state index in [2.05, 4.69) is 10.4 Å². The van der Waals surface area contributed by atoms with Crippen molar-refractivity contribution in [2.24, 2.45) is 0 Å². The molecule has 12 heteroatoms. The van der Waals surface area contributed by atoms with Gasteiger partial charge >= 0.3 is 0 Å². The second-order valence-corrected chi connectivity index (χ2v) is 11.1. The van der Waals surface area contributed by atoms with Gasteiger partial charge in [-0.2, -0.15) is 9.19 Å². The number of halogens is 2. The second-order valence-electron chi connectivity index (χ2n) is 9.35. The largest absolute Gasteiger partial charge is 0.347 e. The average Bonchev–Trinajstić information content (AvgIpc) is 3.67. The third kappa shape index (κ3) is 6.36. The van der Waals surface area contributed by atoms with Crippen molar-refractivity contribution in [2.75, 3.05) is 0 Å². The number of carbonyl (C=O) groups is 1. The molecule has 6 rings (SSSR count). The van der Waals surface area contributed by atoms with Gasteiger partial charge in [0.05, 0.1) is 24.8 Å². The van der Waals surface area contributed by atoms with Gasteiger partial charge in [0.15, 0.2) is 29.6 Å². The molecule has 1 N–H and O–H groups in total. The minimum Gasteiger partial charge on any atom is -0.347 e. The van der Waals surface area contributed by atoms with Gasteiger partial charge in [0.25, 0.3) is 11.5 Å². The molecule has 0 atom stereocenters. The van der Waals surface area contributed by atoms with Gasteiger partial charge in [0, 0.05) is 26.9 Å². The minimum absolute atomic E-state index is 0.00174. The summed E-state index contributed by atoms with van der Waals surface area (Å²) in [4.78, 5) is 33.0. The molecule has 0 aliphatic carbocycles. The van der Waals surface area contributed by atoms with Gasteiger partial charge in [-0.25, -0.2) is 8.78 Å². The fraction of sp³-hybridized carbons (Fsp3) is 0.0645. The van der Waals surface area contributed by atoms with E-state index < -0.39 is 23.1 Å². The van der Waals surface area contributed by atoms with Crippen LogP contribution in [0.25, 0.3) is 21.3 Å². The summed E-state index contributed by atoms with van der Waals surface area (Å²) in [5.74, 6) is -1.92. The van der Waals surface area contributed by atoms with Crippen molar-refractivity contribution in [2.45, 2.75) is 13.1 Å². The third-order valence-corrected chi connectivity index (χ3v) is 8.19. The smallest absolute Gasteiger partial charge is 0.263 e. The van der Waals surface area contributed by atoms with E-state index in [1.807, 2.05) is 48.5 Å². The van der Waals surface area contributed by atoms with Gasteiger partial charge in [-0.3, -0.25) is 9.59 Å². The topological polar surface area (TPSA) is 87.4 Å². The molecule has 1 amide bonds. The lowest BCUT2D eigenvalue weighted by Gasteiger charge is -2.09. The number of amides is 1. The number of carbonyl (C=O) groups excluding carboxylic acids is 1. The Hall–Kier alpha value is -4.78. The van der Waals surface area contributed by atoms with Crippen LogP contribution in [0.1, 0.15) is 20.8 Å². The molecule has 3 aromatic carbocycles. The molecular formula is C31H22F2N4O4S2. The Morgan fingerprint density at radius 3 is 2.65 bits per heavy atom. The molecule has 0 radical (unpaired) electrons. The maximum Gasteiger partial charge on any atom is 0.263 e. The zero-order chi connectivity index (χ0) is 29.8. The first-order valence-electron chi connectivity index (χ1n) is 13.0. The first-order valence-corrected chi connectivity index (χ1v) is 14.5. The van der Waals surface area contributed by atoms with E-state index >= 15 is 0 Å². The van der Waals surface area contributed by atoms with E-state index in [0.29, 0.717) is 11.3 Å². The van der Waals surface area contributed by atoms with Crippen molar-refractivity contribution in [3.8, 4) is 16.2 Å². The first-order chi connectivity index (χ1) is 21.0. The SMILES string of the molecule is O=C(NCc1ccc(-c2cccc3c2cnn3SOOc2ccccc2)s1)c1cccn(Cc2ccc(F)c(F)c2)c1=O. The molecule has 6 aromatic rings. The molecule has 0 aliphatic rings. The van der Waals surface area contributed by atoms with Crippen molar-refractivity contribution in [3.05, 3.63) is 141 Å². The molecule has 0 saturated carbocycles. The predicted octanol–water partition coefficient (Wildman–Crippen LogP) is 6.60. The lowest BCUT2D eigenvalue weighted by molar-refractivity contribution is -0.0788. The maximum atomic E-state index is 13.6. The average molecular weight is 617 g/mol. The number of hydrogen-bond acceptors (Lipinski definition) is 7. The molecule has 0 spiro atoms. The summed E-state index contributed by atoms with van der Waals surface area (Å²) in [5.41, 5.74) is 1.63. The van der Waals surface area contributed by atoms with Gasteiger partial charge in [-0.1, -0.05) is 40.7 Å². The summed E-state index contributed by atoms with van der Waals surface area (Å²) in [5, 5.41) is 8.14. The summed E-state index contributed by atoms with van der Waals surface area (Å²) < 4.78 is 35.1. The Bertz CT molecular complexity index is 1970. The van der Waals surface area contributed by atoms with Crippen LogP contribution in [-0.4, -0.2) is 19.7 Å². The van der Waals surface area contributed by atoms with Gasteiger partial charge in [-0.05, 0) is 60.2 Å². The Balaban J connectivity index is 1.11. The highest BCUT2D eigenvalue weighted by Crippen LogP contribution is 2.34. The van der Waals surface area contributed by atoms with Crippen LogP contribution in [0.15, 0.2) is 108 Å². The number of fused-ring (bicyclic) bond motifs is 1. The fourth-order valence-corrected chi connectivity index (χ4v) is 5.89. The number of hydrogen-bond donors (Lipinski definition) is 1. The van der Waals surface area contributed by atoms with E-state index in [4.69, 9.17) is 9.22 Å². The standard InChI is InChI=1S/C31H22F2N4O4S2/c32-26-13-11-20(16-27(26)33)19-36-15-5-9-24(31(36)39)30(38)34-17-22-12-14-29(42-22)23-8-4-10-28-25(23)18-35-37(28)43-41-40-21-6-2-1-3-7-21/h1-16,18H,17,19H2,(H,34,38). The maximum absolute atomic E-state index is 13.6. The molecule has 0 unspecified atom stereocenters. The first kappa shape index (κ1) is 28.3. The van der Waals surface area contributed by atoms with Gasteiger partial charge in [0.1, 0.15) is 5.56 Å². The number of aromatic nitrogens is 3. The van der Waals surface area contributed by atoms with Crippen LogP contribution in [0, 0.1) is 11.6 Å². The van der Waals surface area contributed by atoms with Crippen LogP contribution in [-0.2, 0) is 17.4 Å². The Morgan fingerprint density at radius 1 is 0.953 bits per heavy atom. The number of nitrogens with zero attached hydrogens (tertiary/aromatic N) is 3. The van der Waals surface area contributed by atoms with Crippen LogP contribution in [0.5, 0.6) is 5.75 Å². The quantitative estimate of drug-likeness (QED) is 0.106. The van der Waals surface area contributed by atoms with Crippen molar-refractivity contribution in [3.63, 3.8) is 0 Å². The minimum atomic E-state index is -0.999. The molecule has 3 aromatic heterocycles. The number of nitrogens with one attached hydrogen (secondary N) is 1. The number of pyridine rings is 1. The molecule has 0 aliphatic heterocycles. The van der Waals surface area contributed by atoms with Gasteiger partial charge in [-0.15, -0.1) is 11.3 Å². The summed E-state index contributed by atoms with van der Waals surface area (Å²) in [6.45, 7) is 0.217. The molecule has 0 bridgehead atoms. The monoisotopic (exact) mass is 616 g/mol. The molecule has 8 nitrogen and oxygen atoms in total. The zero-order valence-electron chi connectivity index (χ0n) is 22.3. The number of thiophene rings is 1. The van der Waals surface area contributed by atoms with E-state index in [9.17, 15) is 18.4 Å². The molecule has 0 saturated heterocycles. The zero-order valence-corrected chi connectivity index (χ0v) is 23.9. The number of para-hydroxylation sites is 1. The van der Waals surface area contributed by atoms with E-state index in [-0.39, 0.29) is 18.7 Å². The van der Waals surface area contributed by atoms with Gasteiger partial charge in [0.2, 0.25) is 0 Å². The van der Waals surface area contributed by atoms with Gasteiger partial charge < -0.3 is 14.8 Å². The molecular weight excluding hydrogens is 594 g/mol. The molecule has 0 fully saturated rings. The van der Waals surface area contributed by atoms with Crippen LogP contribution >= 0.6 is 23.6 Å². The normalized spacial score (nSPS) is 11.1. The van der Waals surface area contributed by atoms with Crippen molar-refractivity contribution < 1.29 is 22.8 Å². The summed E-state index contributed by atoms with van der Waals surface area (Å²) in [7, 11) is 0. The van der Waals surface area contributed by atoms with Crippen molar-refractivity contribution in [1.82, 2.24) is 19.1 Å². The molecule has 3 heterocycles. The summed E-state index contributed by atoms with van der Waals surface area (Å²) in [6.07, 6.45) is 3.25. The van der Waals surface area contributed by atoms with E-state index in [1.54, 1.807) is 28.5 Å². The molecule has 43 heavy (non-hydrogen) atoms. The predicted molar refractivity (Wildman–Crippen MR) is 162 cm³/mol. The summed E-state index contributed by atoms with van der Waals surface area (Å²) in [6, 6.07) is 25.3. The molecule has 216 valence electrons. The van der Waals surface area contributed by atoms with Crippen molar-refractivity contribution in [1.29, 1.82) is 0 Å². The number of benzene rings is 3. The van der Waals surface area contributed by atoms with E-state index in [1.165, 1.54) is 34.2 Å². The lowest BCUT2D eigenvalue weighted by atomic mass is 10.1. The highest BCUT2D eigenvalue weighted by atomic mass is 32.2. The third-order valence-electron chi connectivity index (χ3n) is 6.51. The lowest BCUT2D eigenvalue weighted by Crippen LogP contribution is -2.32. The highest BCUT2D eigenvalue weighted by Gasteiger charge is 2.15. The van der Waals surface area contributed by atoms with Crippen LogP contribution in [0.4, 0.5) is 8.78 Å². The van der Waals surface area contributed by atoms with Crippen molar-refractivity contribution >= 4 is 40.4 Å². The van der Waals surface area contributed by atoms with Crippen LogP contribution in [0.2, 0.25) is 0 Å². The van der Waals surface area contributed by atoms with Crippen LogP contribution < -0.4 is 15.8 Å². The van der Waals surface area contributed by atoms with Crippen LogP contribution in [0.3, 0.4) is 0 Å². The Kier molecular flexibility index (Phi) is 8.31. The summed E-state index contributed by atoms with van der Waals surface area (Å²) >= 11 is 2.46. The Labute approximate surface area is 252 Å². The van der Waals surface area contributed by atoms with E-state index in [0.717, 1.165) is 50.6 Å².